The molecule has 0 saturated heterocycles. The molecule has 0 amide bonds. The molecule has 0 aliphatic heterocycles. The first-order chi connectivity index (χ1) is 12.1. The quantitative estimate of drug-likeness (QED) is 0.484. The lowest BCUT2D eigenvalue weighted by atomic mass is 10.1. The zero-order chi connectivity index (χ0) is 17.8. The van der Waals surface area contributed by atoms with Crippen LogP contribution in [0.4, 0.5) is 0 Å². The van der Waals surface area contributed by atoms with Crippen molar-refractivity contribution >= 4 is 23.2 Å². The van der Waals surface area contributed by atoms with E-state index in [0.29, 0.717) is 6.54 Å². The van der Waals surface area contributed by atoms with E-state index in [0.717, 1.165) is 33.1 Å². The number of benzene rings is 1. The summed E-state index contributed by atoms with van der Waals surface area (Å²) in [5.41, 5.74) is 4.09. The zero-order valence-corrected chi connectivity index (χ0v) is 15.3. The average molecular weight is 352 g/mol. The molecule has 0 aliphatic carbocycles. The smallest absolute Gasteiger partial charge is 0.195 e. The van der Waals surface area contributed by atoms with Crippen molar-refractivity contribution in [3.63, 3.8) is 0 Å². The monoisotopic (exact) mass is 352 g/mol. The molecular weight excluding hydrogens is 332 g/mol. The second-order valence-corrected chi connectivity index (χ2v) is 6.78. The molecule has 128 valence electrons. The summed E-state index contributed by atoms with van der Waals surface area (Å²) >= 11 is 1.45. The predicted octanol–water partition coefficient (Wildman–Crippen LogP) is 4.51. The van der Waals surface area contributed by atoms with Crippen LogP contribution in [0.2, 0.25) is 0 Å². The summed E-state index contributed by atoms with van der Waals surface area (Å²) in [6.07, 6.45) is 3.45. The van der Waals surface area contributed by atoms with Crippen molar-refractivity contribution < 1.29 is 9.53 Å². The van der Waals surface area contributed by atoms with Gasteiger partial charge in [-0.1, -0.05) is 18.2 Å². The topological polar surface area (TPSA) is 44.1 Å². The minimum Gasteiger partial charge on any atom is -0.496 e. The van der Waals surface area contributed by atoms with E-state index in [9.17, 15) is 4.79 Å². The standard InChI is InChI=1S/C20H20N2O2S/c1-14-11-15(2)22(21-14)13-17-12-16(7-9-19(17)24-3)6-8-18(23)20-5-4-10-25-20/h4-12H,13H2,1-3H3/b8-6+. The van der Waals surface area contributed by atoms with Gasteiger partial charge in [-0.25, -0.2) is 0 Å². The van der Waals surface area contributed by atoms with E-state index in [1.165, 1.54) is 11.3 Å². The number of carbonyl (C=O) groups is 1. The van der Waals surface area contributed by atoms with Crippen LogP contribution in [0.3, 0.4) is 0 Å². The first-order valence-corrected chi connectivity index (χ1v) is 8.88. The molecule has 0 N–H and O–H groups in total. The van der Waals surface area contributed by atoms with Gasteiger partial charge in [0.05, 0.1) is 24.2 Å². The SMILES string of the molecule is COc1ccc(/C=C/C(=O)c2cccs2)cc1Cn1nc(C)cc1C. The van der Waals surface area contributed by atoms with Crippen LogP contribution in [0.1, 0.15) is 32.2 Å². The molecule has 4 nitrogen and oxygen atoms in total. The van der Waals surface area contributed by atoms with Crippen LogP contribution >= 0.6 is 11.3 Å². The highest BCUT2D eigenvalue weighted by Crippen LogP contribution is 2.22. The number of hydrogen-bond donors (Lipinski definition) is 0. The zero-order valence-electron chi connectivity index (χ0n) is 14.5. The Hall–Kier alpha value is -2.66. The van der Waals surface area contributed by atoms with E-state index in [-0.39, 0.29) is 5.78 Å². The Kier molecular flexibility index (Phi) is 5.14. The fraction of sp³-hybridized carbons (Fsp3) is 0.200. The molecular formula is C20H20N2O2S. The third-order valence-electron chi connectivity index (χ3n) is 3.92. The highest BCUT2D eigenvalue weighted by atomic mass is 32.1. The number of ether oxygens (including phenoxy) is 1. The van der Waals surface area contributed by atoms with Crippen molar-refractivity contribution in [1.29, 1.82) is 0 Å². The number of aromatic nitrogens is 2. The van der Waals surface area contributed by atoms with Gasteiger partial charge in [0.25, 0.3) is 0 Å². The number of hydrogen-bond acceptors (Lipinski definition) is 4. The molecule has 0 unspecified atom stereocenters. The van der Waals surface area contributed by atoms with Gasteiger partial charge in [-0.3, -0.25) is 9.48 Å². The van der Waals surface area contributed by atoms with E-state index in [1.54, 1.807) is 13.2 Å². The summed E-state index contributed by atoms with van der Waals surface area (Å²) in [5.74, 6) is 0.834. The van der Waals surface area contributed by atoms with Crippen molar-refractivity contribution in [2.75, 3.05) is 7.11 Å². The summed E-state index contributed by atoms with van der Waals surface area (Å²) in [6.45, 7) is 4.65. The Morgan fingerprint density at radius 1 is 1.28 bits per heavy atom. The Morgan fingerprint density at radius 2 is 2.12 bits per heavy atom. The predicted molar refractivity (Wildman–Crippen MR) is 101 cm³/mol. The van der Waals surface area contributed by atoms with Crippen molar-refractivity contribution in [3.8, 4) is 5.75 Å². The largest absolute Gasteiger partial charge is 0.496 e. The minimum absolute atomic E-state index is 0.0194. The normalized spacial score (nSPS) is 11.2. The van der Waals surface area contributed by atoms with Crippen LogP contribution in [0.5, 0.6) is 5.75 Å². The first-order valence-electron chi connectivity index (χ1n) is 8.00. The second kappa shape index (κ2) is 7.49. The minimum atomic E-state index is 0.0194. The van der Waals surface area contributed by atoms with Gasteiger partial charge in [0.2, 0.25) is 0 Å². The number of rotatable bonds is 6. The van der Waals surface area contributed by atoms with Crippen LogP contribution in [0.25, 0.3) is 6.08 Å². The summed E-state index contributed by atoms with van der Waals surface area (Å²) in [6, 6.07) is 11.7. The Labute approximate surface area is 151 Å². The number of allylic oxidation sites excluding steroid dienone is 1. The fourth-order valence-electron chi connectivity index (χ4n) is 2.69. The van der Waals surface area contributed by atoms with E-state index in [1.807, 2.05) is 60.3 Å². The van der Waals surface area contributed by atoms with Crippen molar-refractivity contribution in [1.82, 2.24) is 9.78 Å². The Balaban J connectivity index is 1.84. The van der Waals surface area contributed by atoms with Gasteiger partial charge in [-0.15, -0.1) is 11.3 Å². The number of ketones is 1. The maximum Gasteiger partial charge on any atom is 0.195 e. The molecule has 0 radical (unpaired) electrons. The van der Waals surface area contributed by atoms with Gasteiger partial charge in [0, 0.05) is 11.3 Å². The molecule has 25 heavy (non-hydrogen) atoms. The summed E-state index contributed by atoms with van der Waals surface area (Å²) in [5, 5.41) is 6.41. The Morgan fingerprint density at radius 3 is 2.76 bits per heavy atom. The molecule has 0 fully saturated rings. The van der Waals surface area contributed by atoms with Gasteiger partial charge in [-0.05, 0) is 55.1 Å². The third-order valence-corrected chi connectivity index (χ3v) is 4.80. The van der Waals surface area contributed by atoms with Crippen molar-refractivity contribution in [2.24, 2.45) is 0 Å². The van der Waals surface area contributed by atoms with E-state index in [2.05, 4.69) is 11.2 Å². The van der Waals surface area contributed by atoms with Gasteiger partial charge in [-0.2, -0.15) is 5.10 Å². The van der Waals surface area contributed by atoms with Crippen molar-refractivity contribution in [3.05, 3.63) is 75.2 Å². The van der Waals surface area contributed by atoms with Crippen LogP contribution < -0.4 is 4.74 Å². The lowest BCUT2D eigenvalue weighted by molar-refractivity contribution is 0.105. The highest BCUT2D eigenvalue weighted by Gasteiger charge is 2.08. The molecule has 0 atom stereocenters. The molecule has 1 aromatic carbocycles. The van der Waals surface area contributed by atoms with Gasteiger partial charge < -0.3 is 4.74 Å². The number of thiophene rings is 1. The summed E-state index contributed by atoms with van der Waals surface area (Å²) in [7, 11) is 1.66. The van der Waals surface area contributed by atoms with Gasteiger partial charge >= 0.3 is 0 Å². The molecule has 0 aliphatic rings. The third kappa shape index (κ3) is 4.06. The molecule has 2 heterocycles. The van der Waals surface area contributed by atoms with E-state index in [4.69, 9.17) is 4.74 Å². The number of aryl methyl sites for hydroxylation is 2. The van der Waals surface area contributed by atoms with Crippen LogP contribution in [0.15, 0.2) is 47.9 Å². The lowest BCUT2D eigenvalue weighted by Gasteiger charge is -2.11. The molecule has 5 heteroatoms. The van der Waals surface area contributed by atoms with Crippen LogP contribution in [0, 0.1) is 13.8 Å². The van der Waals surface area contributed by atoms with Gasteiger partial charge in [0.15, 0.2) is 5.78 Å². The van der Waals surface area contributed by atoms with E-state index >= 15 is 0 Å². The van der Waals surface area contributed by atoms with Crippen LogP contribution in [-0.4, -0.2) is 22.7 Å². The molecule has 3 aromatic rings. The number of methoxy groups -OCH3 is 1. The molecule has 0 spiro atoms. The fourth-order valence-corrected chi connectivity index (χ4v) is 3.34. The molecule has 0 bridgehead atoms. The Bertz CT molecular complexity index is 908. The number of nitrogens with zero attached hydrogens (tertiary/aromatic N) is 2. The summed E-state index contributed by atoms with van der Waals surface area (Å²) < 4.78 is 7.43. The molecule has 2 aromatic heterocycles. The van der Waals surface area contributed by atoms with E-state index < -0.39 is 0 Å². The first kappa shape index (κ1) is 17.2. The van der Waals surface area contributed by atoms with Crippen molar-refractivity contribution in [2.45, 2.75) is 20.4 Å². The second-order valence-electron chi connectivity index (χ2n) is 5.83. The van der Waals surface area contributed by atoms with Gasteiger partial charge in [0.1, 0.15) is 5.75 Å². The highest BCUT2D eigenvalue weighted by molar-refractivity contribution is 7.12. The molecule has 3 rings (SSSR count). The number of carbonyl (C=O) groups excluding carboxylic acids is 1. The maximum absolute atomic E-state index is 12.1. The maximum atomic E-state index is 12.1. The van der Waals surface area contributed by atoms with Crippen LogP contribution in [-0.2, 0) is 6.54 Å². The lowest BCUT2D eigenvalue weighted by Crippen LogP contribution is -2.05. The average Bonchev–Trinajstić information content (AvgIpc) is 3.23. The summed E-state index contributed by atoms with van der Waals surface area (Å²) in [4.78, 5) is 12.9. The molecule has 0 saturated carbocycles.